The van der Waals surface area contributed by atoms with Crippen molar-refractivity contribution in [3.8, 4) is 22.1 Å². The van der Waals surface area contributed by atoms with Crippen molar-refractivity contribution < 1.29 is 17.9 Å². The molecule has 2 aliphatic rings. The van der Waals surface area contributed by atoms with Gasteiger partial charge < -0.3 is 9.47 Å². The number of aromatic amines is 1. The lowest BCUT2D eigenvalue weighted by Crippen LogP contribution is -2.48. The highest BCUT2D eigenvalue weighted by Crippen LogP contribution is 2.35. The fraction of sp³-hybridized carbons (Fsp3) is 0.381. The molecule has 0 aliphatic carbocycles. The summed E-state index contributed by atoms with van der Waals surface area (Å²) in [5, 5.41) is 7.17. The highest BCUT2D eigenvalue weighted by atomic mass is 32.2. The Labute approximate surface area is 185 Å². The molecular weight excluding hydrogens is 436 g/mol. The largest absolute Gasteiger partial charge is 0.454 e. The summed E-state index contributed by atoms with van der Waals surface area (Å²) in [6, 6.07) is 9.64. The number of aromatic nitrogens is 2. The minimum Gasteiger partial charge on any atom is -0.454 e. The number of sulfonamides is 1. The molecule has 31 heavy (non-hydrogen) atoms. The number of thiophene rings is 1. The smallest absolute Gasteiger partial charge is 0.244 e. The van der Waals surface area contributed by atoms with Crippen LogP contribution in [0.2, 0.25) is 0 Å². The van der Waals surface area contributed by atoms with Crippen LogP contribution in [-0.2, 0) is 16.6 Å². The first-order chi connectivity index (χ1) is 14.9. The molecule has 0 saturated carbocycles. The maximum absolute atomic E-state index is 13.3. The maximum atomic E-state index is 13.3. The van der Waals surface area contributed by atoms with E-state index < -0.39 is 10.0 Å². The molecule has 8 nitrogen and oxygen atoms in total. The van der Waals surface area contributed by atoms with Gasteiger partial charge in [-0.3, -0.25) is 10.00 Å². The number of ether oxygens (including phenoxy) is 2. The second-order valence-corrected chi connectivity index (χ2v) is 11.0. The van der Waals surface area contributed by atoms with Gasteiger partial charge in [0.15, 0.2) is 11.5 Å². The third-order valence-corrected chi connectivity index (χ3v) is 8.85. The van der Waals surface area contributed by atoms with Crippen LogP contribution in [0.4, 0.5) is 0 Å². The van der Waals surface area contributed by atoms with Gasteiger partial charge in [0.1, 0.15) is 5.69 Å². The van der Waals surface area contributed by atoms with E-state index in [1.54, 1.807) is 10.4 Å². The normalized spacial score (nSPS) is 17.4. The van der Waals surface area contributed by atoms with Crippen molar-refractivity contribution in [2.24, 2.45) is 0 Å². The first-order valence-corrected chi connectivity index (χ1v) is 12.4. The number of aryl methyl sites for hydroxylation is 2. The number of fused-ring (bicyclic) bond motifs is 1. The highest BCUT2D eigenvalue weighted by molar-refractivity contribution is 7.89. The first kappa shape index (κ1) is 20.5. The minimum absolute atomic E-state index is 0.263. The molecule has 10 heteroatoms. The third kappa shape index (κ3) is 3.96. The zero-order valence-corrected chi connectivity index (χ0v) is 19.1. The van der Waals surface area contributed by atoms with E-state index in [1.807, 2.05) is 38.1 Å². The van der Waals surface area contributed by atoms with E-state index in [9.17, 15) is 8.42 Å². The lowest BCUT2D eigenvalue weighted by atomic mass is 10.2. The Kier molecular flexibility index (Phi) is 5.25. The summed E-state index contributed by atoms with van der Waals surface area (Å²) < 4.78 is 39.0. The molecule has 0 atom stereocenters. The van der Waals surface area contributed by atoms with Gasteiger partial charge in [0.25, 0.3) is 0 Å². The van der Waals surface area contributed by atoms with Gasteiger partial charge in [-0.05, 0) is 43.7 Å². The van der Waals surface area contributed by atoms with Crippen LogP contribution in [0.15, 0.2) is 35.2 Å². The van der Waals surface area contributed by atoms with Crippen molar-refractivity contribution in [1.82, 2.24) is 19.4 Å². The molecule has 1 aromatic carbocycles. The van der Waals surface area contributed by atoms with Gasteiger partial charge >= 0.3 is 0 Å². The van der Waals surface area contributed by atoms with Crippen LogP contribution < -0.4 is 9.47 Å². The van der Waals surface area contributed by atoms with Crippen molar-refractivity contribution in [2.75, 3.05) is 33.0 Å². The Morgan fingerprint density at radius 2 is 1.84 bits per heavy atom. The topological polar surface area (TPSA) is 87.8 Å². The fourth-order valence-corrected chi connectivity index (χ4v) is 6.90. The molecule has 2 aliphatic heterocycles. The molecule has 2 aromatic heterocycles. The number of nitrogens with one attached hydrogen (secondary N) is 1. The standard InChI is InChI=1S/C21H24N4O4S2/c1-14-9-17(23-22-14)20-11-21(15(2)30-20)31(26,27)25-7-5-24(6-8-25)12-16-3-4-18-19(10-16)29-13-28-18/h3-4,9-11H,5-8,12-13H2,1-2H3,(H,22,23). The Morgan fingerprint density at radius 1 is 1.06 bits per heavy atom. The Hall–Kier alpha value is -2.40. The summed E-state index contributed by atoms with van der Waals surface area (Å²) in [6.07, 6.45) is 0. The Bertz CT molecular complexity index is 1210. The van der Waals surface area contributed by atoms with Crippen LogP contribution in [0.1, 0.15) is 16.1 Å². The molecule has 1 saturated heterocycles. The van der Waals surface area contributed by atoms with E-state index in [0.29, 0.717) is 31.1 Å². The average Bonchev–Trinajstić information content (AvgIpc) is 3.47. The van der Waals surface area contributed by atoms with E-state index in [4.69, 9.17) is 9.47 Å². The van der Waals surface area contributed by atoms with Gasteiger partial charge in [-0.15, -0.1) is 11.3 Å². The van der Waals surface area contributed by atoms with Gasteiger partial charge in [0, 0.05) is 43.3 Å². The van der Waals surface area contributed by atoms with Crippen molar-refractivity contribution >= 4 is 21.4 Å². The summed E-state index contributed by atoms with van der Waals surface area (Å²) >= 11 is 1.46. The second-order valence-electron chi connectivity index (χ2n) is 7.84. The van der Waals surface area contributed by atoms with Crippen LogP contribution in [0, 0.1) is 13.8 Å². The Morgan fingerprint density at radius 3 is 2.58 bits per heavy atom. The van der Waals surface area contributed by atoms with Crippen LogP contribution in [-0.4, -0.2) is 60.8 Å². The highest BCUT2D eigenvalue weighted by Gasteiger charge is 2.31. The van der Waals surface area contributed by atoms with Crippen molar-refractivity contribution in [3.05, 3.63) is 46.5 Å². The van der Waals surface area contributed by atoms with Crippen LogP contribution in [0.5, 0.6) is 11.5 Å². The summed E-state index contributed by atoms with van der Waals surface area (Å²) in [5.41, 5.74) is 2.86. The van der Waals surface area contributed by atoms with E-state index in [0.717, 1.165) is 44.7 Å². The van der Waals surface area contributed by atoms with E-state index >= 15 is 0 Å². The number of hydrogen-bond acceptors (Lipinski definition) is 7. The monoisotopic (exact) mass is 460 g/mol. The second kappa shape index (κ2) is 7.94. The van der Waals surface area contributed by atoms with E-state index in [2.05, 4.69) is 15.1 Å². The van der Waals surface area contributed by atoms with Crippen molar-refractivity contribution in [2.45, 2.75) is 25.3 Å². The van der Waals surface area contributed by atoms with Gasteiger partial charge in [0.05, 0.1) is 9.77 Å². The SMILES string of the molecule is Cc1cc(-c2cc(S(=O)(=O)N3CCN(Cc4ccc5c(c4)OCO5)CC3)c(C)s2)n[nH]1. The zero-order chi connectivity index (χ0) is 21.6. The van der Waals surface area contributed by atoms with Crippen molar-refractivity contribution in [3.63, 3.8) is 0 Å². The van der Waals surface area contributed by atoms with Crippen molar-refractivity contribution in [1.29, 1.82) is 0 Å². The minimum atomic E-state index is -3.53. The van der Waals surface area contributed by atoms with Gasteiger partial charge in [0.2, 0.25) is 16.8 Å². The number of rotatable bonds is 5. The molecule has 164 valence electrons. The van der Waals surface area contributed by atoms with Crippen LogP contribution >= 0.6 is 11.3 Å². The summed E-state index contributed by atoms with van der Waals surface area (Å²) in [5.74, 6) is 1.55. The molecule has 1 N–H and O–H groups in total. The molecule has 0 radical (unpaired) electrons. The molecule has 1 fully saturated rings. The summed E-state index contributed by atoms with van der Waals surface area (Å²) in [4.78, 5) is 4.31. The molecule has 4 heterocycles. The predicted octanol–water partition coefficient (Wildman–Crippen LogP) is 2.99. The predicted molar refractivity (Wildman–Crippen MR) is 118 cm³/mol. The number of benzene rings is 1. The maximum Gasteiger partial charge on any atom is 0.244 e. The quantitative estimate of drug-likeness (QED) is 0.630. The molecule has 0 bridgehead atoms. The third-order valence-electron chi connectivity index (χ3n) is 5.62. The molecule has 3 aromatic rings. The number of hydrogen-bond donors (Lipinski definition) is 1. The Balaban J connectivity index is 1.26. The van der Waals surface area contributed by atoms with Crippen LogP contribution in [0.3, 0.4) is 0 Å². The average molecular weight is 461 g/mol. The lowest BCUT2D eigenvalue weighted by Gasteiger charge is -2.34. The zero-order valence-electron chi connectivity index (χ0n) is 17.4. The number of piperazine rings is 1. The summed E-state index contributed by atoms with van der Waals surface area (Å²) in [6.45, 7) is 7.11. The van der Waals surface area contributed by atoms with Gasteiger partial charge in [-0.2, -0.15) is 9.40 Å². The summed E-state index contributed by atoms with van der Waals surface area (Å²) in [7, 11) is -3.53. The number of nitrogens with zero attached hydrogens (tertiary/aromatic N) is 3. The molecule has 0 spiro atoms. The molecular formula is C21H24N4O4S2. The first-order valence-electron chi connectivity index (χ1n) is 10.1. The number of H-pyrrole nitrogens is 1. The van der Waals surface area contributed by atoms with Gasteiger partial charge in [-0.1, -0.05) is 6.07 Å². The van der Waals surface area contributed by atoms with Gasteiger partial charge in [-0.25, -0.2) is 8.42 Å². The molecule has 5 rings (SSSR count). The van der Waals surface area contributed by atoms with E-state index in [1.165, 1.54) is 11.3 Å². The van der Waals surface area contributed by atoms with E-state index in [-0.39, 0.29) is 6.79 Å². The molecule has 0 unspecified atom stereocenters. The van der Waals surface area contributed by atoms with Crippen LogP contribution in [0.25, 0.3) is 10.6 Å². The fourth-order valence-electron chi connectivity index (χ4n) is 3.96. The lowest BCUT2D eigenvalue weighted by molar-refractivity contribution is 0.173. The molecule has 0 amide bonds.